The summed E-state index contributed by atoms with van der Waals surface area (Å²) in [5.41, 5.74) is 2.66. The van der Waals surface area contributed by atoms with Crippen LogP contribution in [0.15, 0.2) is 48.5 Å². The first-order valence-electron chi connectivity index (χ1n) is 6.84. The number of ether oxygens (including phenoxy) is 1. The van der Waals surface area contributed by atoms with Crippen molar-refractivity contribution >= 4 is 0 Å². The summed E-state index contributed by atoms with van der Waals surface area (Å²) >= 11 is 0. The number of hydrogen-bond acceptors (Lipinski definition) is 2. The van der Waals surface area contributed by atoms with Crippen LogP contribution in [-0.4, -0.2) is 5.60 Å². The van der Waals surface area contributed by atoms with E-state index >= 15 is 0 Å². The van der Waals surface area contributed by atoms with Crippen LogP contribution in [0.4, 0.5) is 0 Å². The van der Waals surface area contributed by atoms with E-state index in [2.05, 4.69) is 26.8 Å². The highest BCUT2D eigenvalue weighted by Gasteiger charge is 2.16. The van der Waals surface area contributed by atoms with Crippen LogP contribution in [0.1, 0.15) is 32.8 Å². The van der Waals surface area contributed by atoms with Crippen LogP contribution in [0.3, 0.4) is 0 Å². The Kier molecular flexibility index (Phi) is 4.10. The molecule has 0 bridgehead atoms. The van der Waals surface area contributed by atoms with Gasteiger partial charge in [0, 0.05) is 0 Å². The van der Waals surface area contributed by atoms with Crippen LogP contribution in [-0.2, 0) is 0 Å². The molecule has 20 heavy (non-hydrogen) atoms. The van der Waals surface area contributed by atoms with Gasteiger partial charge in [-0.3, -0.25) is 0 Å². The van der Waals surface area contributed by atoms with Crippen LogP contribution in [0.5, 0.6) is 5.75 Å². The van der Waals surface area contributed by atoms with Gasteiger partial charge in [0.15, 0.2) is 0 Å². The number of nitriles is 1. The van der Waals surface area contributed by atoms with E-state index in [1.54, 1.807) is 0 Å². The first-order chi connectivity index (χ1) is 9.54. The zero-order valence-electron chi connectivity index (χ0n) is 12.2. The van der Waals surface area contributed by atoms with E-state index in [1.807, 2.05) is 48.5 Å². The smallest absolute Gasteiger partial charge is 0.120 e. The average molecular weight is 265 g/mol. The first kappa shape index (κ1) is 14.1. The molecular weight excluding hydrogens is 246 g/mol. The topological polar surface area (TPSA) is 33.0 Å². The molecule has 2 heteroatoms. The zero-order chi connectivity index (χ0) is 14.6. The highest BCUT2D eigenvalue weighted by molar-refractivity contribution is 5.65. The molecule has 0 saturated carbocycles. The molecule has 0 heterocycles. The SMILES string of the molecule is CCC(C)(C)Oc1ccc(-c2cccc(C#N)c2)cc1. The molecule has 0 fully saturated rings. The van der Waals surface area contributed by atoms with Gasteiger partial charge in [-0.25, -0.2) is 0 Å². The second-order valence-corrected chi connectivity index (χ2v) is 5.43. The van der Waals surface area contributed by atoms with Crippen LogP contribution >= 0.6 is 0 Å². The summed E-state index contributed by atoms with van der Waals surface area (Å²) < 4.78 is 5.93. The fourth-order valence-corrected chi connectivity index (χ4v) is 1.87. The molecule has 0 unspecified atom stereocenters. The van der Waals surface area contributed by atoms with Crippen molar-refractivity contribution in [1.29, 1.82) is 5.26 Å². The lowest BCUT2D eigenvalue weighted by atomic mass is 10.0. The lowest BCUT2D eigenvalue weighted by Gasteiger charge is -2.24. The maximum absolute atomic E-state index is 8.94. The maximum Gasteiger partial charge on any atom is 0.120 e. The third-order valence-electron chi connectivity index (χ3n) is 3.42. The lowest BCUT2D eigenvalue weighted by molar-refractivity contribution is 0.105. The molecule has 0 aliphatic rings. The van der Waals surface area contributed by atoms with Crippen molar-refractivity contribution in [3.8, 4) is 22.9 Å². The van der Waals surface area contributed by atoms with Gasteiger partial charge in [0.2, 0.25) is 0 Å². The third kappa shape index (κ3) is 3.39. The molecule has 0 N–H and O–H groups in total. The monoisotopic (exact) mass is 265 g/mol. The maximum atomic E-state index is 8.94. The molecule has 2 rings (SSSR count). The van der Waals surface area contributed by atoms with Gasteiger partial charge in [0.1, 0.15) is 11.4 Å². The molecule has 0 radical (unpaired) electrons. The summed E-state index contributed by atoms with van der Waals surface area (Å²) in [5.74, 6) is 0.872. The minimum absolute atomic E-state index is 0.151. The summed E-state index contributed by atoms with van der Waals surface area (Å²) in [6.07, 6.45) is 0.957. The van der Waals surface area contributed by atoms with E-state index < -0.39 is 0 Å². The summed E-state index contributed by atoms with van der Waals surface area (Å²) in [6.45, 7) is 6.27. The molecule has 0 aromatic heterocycles. The van der Waals surface area contributed by atoms with Crippen LogP contribution in [0.2, 0.25) is 0 Å². The van der Waals surface area contributed by atoms with E-state index in [9.17, 15) is 0 Å². The van der Waals surface area contributed by atoms with Crippen molar-refractivity contribution in [1.82, 2.24) is 0 Å². The zero-order valence-corrected chi connectivity index (χ0v) is 12.2. The van der Waals surface area contributed by atoms with E-state index in [1.165, 1.54) is 0 Å². The summed E-state index contributed by atoms with van der Waals surface area (Å²) in [6, 6.07) is 17.8. The molecule has 0 spiro atoms. The minimum atomic E-state index is -0.151. The third-order valence-corrected chi connectivity index (χ3v) is 3.42. The largest absolute Gasteiger partial charge is 0.488 e. The Balaban J connectivity index is 2.22. The standard InChI is InChI=1S/C18H19NO/c1-4-18(2,3)20-17-10-8-15(9-11-17)16-7-5-6-14(12-16)13-19/h5-12H,4H2,1-3H3. The number of benzene rings is 2. The van der Waals surface area contributed by atoms with Crippen molar-refractivity contribution in [3.63, 3.8) is 0 Å². The van der Waals surface area contributed by atoms with Gasteiger partial charge >= 0.3 is 0 Å². The first-order valence-corrected chi connectivity index (χ1v) is 6.84. The molecule has 0 aliphatic carbocycles. The molecule has 2 aromatic rings. The number of rotatable bonds is 4. The van der Waals surface area contributed by atoms with Crippen molar-refractivity contribution in [3.05, 3.63) is 54.1 Å². The summed E-state index contributed by atoms with van der Waals surface area (Å²) in [7, 11) is 0. The summed E-state index contributed by atoms with van der Waals surface area (Å²) in [5, 5.41) is 8.94. The molecule has 2 aromatic carbocycles. The van der Waals surface area contributed by atoms with Crippen LogP contribution in [0, 0.1) is 11.3 Å². The van der Waals surface area contributed by atoms with Gasteiger partial charge in [-0.2, -0.15) is 5.26 Å². The summed E-state index contributed by atoms with van der Waals surface area (Å²) in [4.78, 5) is 0. The Morgan fingerprint density at radius 3 is 2.35 bits per heavy atom. The van der Waals surface area contributed by atoms with E-state index in [0.29, 0.717) is 5.56 Å². The Morgan fingerprint density at radius 1 is 1.05 bits per heavy atom. The molecular formula is C18H19NO. The Bertz CT molecular complexity index is 621. The number of nitrogens with zero attached hydrogens (tertiary/aromatic N) is 1. The normalized spacial score (nSPS) is 10.9. The predicted molar refractivity (Wildman–Crippen MR) is 81.6 cm³/mol. The van der Waals surface area contributed by atoms with Crippen molar-refractivity contribution < 1.29 is 4.74 Å². The Hall–Kier alpha value is -2.27. The fourth-order valence-electron chi connectivity index (χ4n) is 1.87. The molecule has 0 aliphatic heterocycles. The van der Waals surface area contributed by atoms with Crippen molar-refractivity contribution in [2.45, 2.75) is 32.8 Å². The second kappa shape index (κ2) is 5.79. The van der Waals surface area contributed by atoms with Gasteiger partial charge in [0.05, 0.1) is 11.6 Å². The number of hydrogen-bond donors (Lipinski definition) is 0. The lowest BCUT2D eigenvalue weighted by Crippen LogP contribution is -2.26. The van der Waals surface area contributed by atoms with Gasteiger partial charge < -0.3 is 4.74 Å². The van der Waals surface area contributed by atoms with Gasteiger partial charge in [-0.15, -0.1) is 0 Å². The highest BCUT2D eigenvalue weighted by Crippen LogP contribution is 2.26. The van der Waals surface area contributed by atoms with E-state index in [0.717, 1.165) is 23.3 Å². The van der Waals surface area contributed by atoms with Crippen LogP contribution < -0.4 is 4.74 Å². The Labute approximate surface area is 120 Å². The van der Waals surface area contributed by atoms with Gasteiger partial charge in [0.25, 0.3) is 0 Å². The van der Waals surface area contributed by atoms with Crippen molar-refractivity contribution in [2.75, 3.05) is 0 Å². The minimum Gasteiger partial charge on any atom is -0.488 e. The fraction of sp³-hybridized carbons (Fsp3) is 0.278. The molecule has 2 nitrogen and oxygen atoms in total. The van der Waals surface area contributed by atoms with Crippen LogP contribution in [0.25, 0.3) is 11.1 Å². The molecule has 0 amide bonds. The quantitative estimate of drug-likeness (QED) is 0.796. The van der Waals surface area contributed by atoms with E-state index in [4.69, 9.17) is 10.00 Å². The molecule has 102 valence electrons. The molecule has 0 atom stereocenters. The predicted octanol–water partition coefficient (Wildman–Crippen LogP) is 4.79. The average Bonchev–Trinajstić information content (AvgIpc) is 2.48. The highest BCUT2D eigenvalue weighted by atomic mass is 16.5. The van der Waals surface area contributed by atoms with E-state index in [-0.39, 0.29) is 5.60 Å². The van der Waals surface area contributed by atoms with Crippen molar-refractivity contribution in [2.24, 2.45) is 0 Å². The second-order valence-electron chi connectivity index (χ2n) is 5.43. The Morgan fingerprint density at radius 2 is 1.75 bits per heavy atom. The van der Waals surface area contributed by atoms with Gasteiger partial charge in [-0.05, 0) is 55.7 Å². The van der Waals surface area contributed by atoms with Gasteiger partial charge in [-0.1, -0.05) is 31.2 Å². The molecule has 0 saturated heterocycles.